The number of anilines is 1. The highest BCUT2D eigenvalue weighted by molar-refractivity contribution is 7.89. The van der Waals surface area contributed by atoms with Gasteiger partial charge in [-0.2, -0.15) is 4.31 Å². The number of hydrogen-bond donors (Lipinski definition) is 1. The molecule has 0 unspecified atom stereocenters. The Bertz CT molecular complexity index is 1380. The smallest absolute Gasteiger partial charge is 0.248 e. The summed E-state index contributed by atoms with van der Waals surface area (Å²) in [6, 6.07) is 11.5. The van der Waals surface area contributed by atoms with Crippen molar-refractivity contribution >= 4 is 45.4 Å². The van der Waals surface area contributed by atoms with Crippen LogP contribution in [0.15, 0.2) is 51.9 Å². The van der Waals surface area contributed by atoms with Crippen LogP contribution in [0.25, 0.3) is 12.2 Å². The van der Waals surface area contributed by atoms with Crippen molar-refractivity contribution in [2.45, 2.75) is 31.6 Å². The normalized spacial score (nSPS) is 15.5. The Kier molecular flexibility index (Phi) is 7.39. The summed E-state index contributed by atoms with van der Waals surface area (Å²) in [7, 11) is -3.93. The fraction of sp³-hybridized carbons (Fsp3) is 0.280. The van der Waals surface area contributed by atoms with E-state index in [-0.39, 0.29) is 41.3 Å². The number of aryl methyl sites for hydroxylation is 2. The van der Waals surface area contributed by atoms with E-state index in [1.165, 1.54) is 22.5 Å². The summed E-state index contributed by atoms with van der Waals surface area (Å²) in [5, 5.41) is 7.11. The van der Waals surface area contributed by atoms with Crippen LogP contribution in [0.2, 0.25) is 5.02 Å². The highest BCUT2D eigenvalue weighted by Crippen LogP contribution is 2.30. The number of hydrogen-bond acceptors (Lipinski definition) is 5. The standard InChI is InChI=1S/C25H25ClFN3O4S/c1-16-7-9-22(20(26)15-16)28-25(31)19-11-13-30(14-12-19)35(32,33)24-17(2)29-34-23(24)10-8-18-5-3-4-6-21(18)27/h3-10,15,19H,11-14H2,1-2H3,(H,28,31)/b10-8+. The maximum absolute atomic E-state index is 13.9. The van der Waals surface area contributed by atoms with Gasteiger partial charge in [0.25, 0.3) is 0 Å². The summed E-state index contributed by atoms with van der Waals surface area (Å²) in [5.74, 6) is -0.943. The molecule has 184 valence electrons. The van der Waals surface area contributed by atoms with Crippen LogP contribution in [0.4, 0.5) is 10.1 Å². The molecule has 1 aromatic heterocycles. The molecule has 35 heavy (non-hydrogen) atoms. The monoisotopic (exact) mass is 517 g/mol. The average molecular weight is 518 g/mol. The van der Waals surface area contributed by atoms with Crippen LogP contribution in [-0.4, -0.2) is 36.9 Å². The van der Waals surface area contributed by atoms with Crippen molar-refractivity contribution in [3.63, 3.8) is 0 Å². The second-order valence-electron chi connectivity index (χ2n) is 8.47. The van der Waals surface area contributed by atoms with E-state index in [0.717, 1.165) is 5.56 Å². The van der Waals surface area contributed by atoms with Crippen molar-refractivity contribution in [1.29, 1.82) is 0 Å². The lowest BCUT2D eigenvalue weighted by molar-refractivity contribution is -0.120. The van der Waals surface area contributed by atoms with Gasteiger partial charge in [-0.05, 0) is 62.6 Å². The molecule has 1 aliphatic rings. The molecule has 2 heterocycles. The molecule has 0 saturated carbocycles. The summed E-state index contributed by atoms with van der Waals surface area (Å²) in [6.45, 7) is 3.79. The third-order valence-corrected chi connectivity index (χ3v) is 8.33. The van der Waals surface area contributed by atoms with E-state index in [2.05, 4.69) is 10.5 Å². The van der Waals surface area contributed by atoms with Crippen molar-refractivity contribution in [2.75, 3.05) is 18.4 Å². The van der Waals surface area contributed by atoms with Gasteiger partial charge in [0.15, 0.2) is 10.7 Å². The summed E-state index contributed by atoms with van der Waals surface area (Å²) in [5.41, 5.74) is 2.03. The van der Waals surface area contributed by atoms with Crippen LogP contribution >= 0.6 is 11.6 Å². The number of nitrogens with one attached hydrogen (secondary N) is 1. The summed E-state index contributed by atoms with van der Waals surface area (Å²) in [4.78, 5) is 12.7. The minimum absolute atomic E-state index is 0.0274. The molecule has 0 bridgehead atoms. The zero-order valence-electron chi connectivity index (χ0n) is 19.3. The van der Waals surface area contributed by atoms with Crippen molar-refractivity contribution in [3.05, 3.63) is 75.9 Å². The predicted molar refractivity (Wildman–Crippen MR) is 133 cm³/mol. The summed E-state index contributed by atoms with van der Waals surface area (Å²) in [6.07, 6.45) is 3.57. The maximum atomic E-state index is 13.9. The van der Waals surface area contributed by atoms with Crippen LogP contribution in [0.3, 0.4) is 0 Å². The number of amides is 1. The molecule has 1 fully saturated rings. The zero-order chi connectivity index (χ0) is 25.2. The van der Waals surface area contributed by atoms with E-state index in [1.807, 2.05) is 13.0 Å². The number of benzene rings is 2. The number of rotatable bonds is 6. The highest BCUT2D eigenvalue weighted by Gasteiger charge is 2.36. The number of piperidine rings is 1. The summed E-state index contributed by atoms with van der Waals surface area (Å²) >= 11 is 6.21. The van der Waals surface area contributed by atoms with E-state index >= 15 is 0 Å². The van der Waals surface area contributed by atoms with Gasteiger partial charge in [-0.25, -0.2) is 12.8 Å². The van der Waals surface area contributed by atoms with Crippen molar-refractivity contribution in [1.82, 2.24) is 9.46 Å². The number of carbonyl (C=O) groups is 1. The molecular weight excluding hydrogens is 493 g/mol. The lowest BCUT2D eigenvalue weighted by Gasteiger charge is -2.30. The van der Waals surface area contributed by atoms with Crippen LogP contribution in [0.5, 0.6) is 0 Å². The third kappa shape index (κ3) is 5.47. The molecule has 1 amide bonds. The van der Waals surface area contributed by atoms with Crippen LogP contribution in [-0.2, 0) is 14.8 Å². The number of nitrogens with zero attached hydrogens (tertiary/aromatic N) is 2. The fourth-order valence-corrected chi connectivity index (χ4v) is 6.02. The quantitative estimate of drug-likeness (QED) is 0.479. The van der Waals surface area contributed by atoms with Crippen molar-refractivity contribution < 1.29 is 22.1 Å². The number of sulfonamides is 1. The van der Waals surface area contributed by atoms with Crippen LogP contribution in [0, 0.1) is 25.6 Å². The number of aromatic nitrogens is 1. The molecule has 7 nitrogen and oxygen atoms in total. The molecular formula is C25H25ClFN3O4S. The molecule has 1 N–H and O–H groups in total. The van der Waals surface area contributed by atoms with Gasteiger partial charge in [-0.1, -0.05) is 41.0 Å². The topological polar surface area (TPSA) is 92.5 Å². The highest BCUT2D eigenvalue weighted by atomic mass is 35.5. The first-order valence-electron chi connectivity index (χ1n) is 11.1. The van der Waals surface area contributed by atoms with Gasteiger partial charge in [0.1, 0.15) is 11.5 Å². The van der Waals surface area contributed by atoms with Gasteiger partial charge in [-0.15, -0.1) is 0 Å². The molecule has 0 atom stereocenters. The van der Waals surface area contributed by atoms with Gasteiger partial charge in [-0.3, -0.25) is 4.79 Å². The third-order valence-electron chi connectivity index (χ3n) is 5.96. The second kappa shape index (κ2) is 10.3. The lowest BCUT2D eigenvalue weighted by Crippen LogP contribution is -2.41. The fourth-order valence-electron chi connectivity index (χ4n) is 4.02. The molecule has 0 radical (unpaired) electrons. The van der Waals surface area contributed by atoms with Crippen molar-refractivity contribution in [2.24, 2.45) is 5.92 Å². The van der Waals surface area contributed by atoms with E-state index in [9.17, 15) is 17.6 Å². The lowest BCUT2D eigenvalue weighted by atomic mass is 9.97. The minimum Gasteiger partial charge on any atom is -0.355 e. The van der Waals surface area contributed by atoms with Gasteiger partial charge in [0, 0.05) is 24.6 Å². The molecule has 0 aliphatic carbocycles. The van der Waals surface area contributed by atoms with E-state index < -0.39 is 15.8 Å². The van der Waals surface area contributed by atoms with E-state index in [1.54, 1.807) is 37.3 Å². The molecule has 1 saturated heterocycles. The molecule has 2 aromatic carbocycles. The van der Waals surface area contributed by atoms with Crippen LogP contribution < -0.4 is 5.32 Å². The van der Waals surface area contributed by atoms with Gasteiger partial charge in [0.05, 0.1) is 10.7 Å². The van der Waals surface area contributed by atoms with Crippen molar-refractivity contribution in [3.8, 4) is 0 Å². The molecule has 1 aliphatic heterocycles. The van der Waals surface area contributed by atoms with Crippen LogP contribution in [0.1, 0.15) is 35.4 Å². The molecule has 4 rings (SSSR count). The Balaban J connectivity index is 1.46. The predicted octanol–water partition coefficient (Wildman–Crippen LogP) is 5.29. The van der Waals surface area contributed by atoms with Gasteiger partial charge >= 0.3 is 0 Å². The Labute approximate surface area is 208 Å². The molecule has 3 aromatic rings. The first-order valence-corrected chi connectivity index (χ1v) is 12.9. The molecule has 0 spiro atoms. The Morgan fingerprint density at radius 1 is 1.17 bits per heavy atom. The van der Waals surface area contributed by atoms with Gasteiger partial charge < -0.3 is 9.84 Å². The largest absolute Gasteiger partial charge is 0.355 e. The van der Waals surface area contributed by atoms with E-state index in [4.69, 9.17) is 16.1 Å². The zero-order valence-corrected chi connectivity index (χ0v) is 20.9. The minimum atomic E-state index is -3.93. The molecule has 10 heteroatoms. The Morgan fingerprint density at radius 2 is 1.89 bits per heavy atom. The second-order valence-corrected chi connectivity index (χ2v) is 10.7. The first kappa shape index (κ1) is 25.1. The Hall–Kier alpha value is -3.01. The Morgan fingerprint density at radius 3 is 2.57 bits per heavy atom. The SMILES string of the molecule is Cc1ccc(NC(=O)C2CCN(S(=O)(=O)c3c(C)noc3/C=C/c3ccccc3F)CC2)c(Cl)c1. The maximum Gasteiger partial charge on any atom is 0.248 e. The van der Waals surface area contributed by atoms with Gasteiger partial charge in [0.2, 0.25) is 15.9 Å². The summed E-state index contributed by atoms with van der Waals surface area (Å²) < 4.78 is 47.3. The average Bonchev–Trinajstić information content (AvgIpc) is 3.21. The van der Waals surface area contributed by atoms with E-state index in [0.29, 0.717) is 29.1 Å². The first-order chi connectivity index (χ1) is 16.7. The number of carbonyl (C=O) groups excluding carboxylic acids is 1. The number of halogens is 2.